The third-order valence-electron chi connectivity index (χ3n) is 5.10. The molecule has 0 radical (unpaired) electrons. The molecule has 5 rings (SSSR count). The van der Waals surface area contributed by atoms with Gasteiger partial charge in [-0.1, -0.05) is 54.6 Å². The van der Waals surface area contributed by atoms with E-state index in [-0.39, 0.29) is 6.79 Å². The van der Waals surface area contributed by atoms with Crippen LogP contribution in [0.4, 0.5) is 0 Å². The van der Waals surface area contributed by atoms with Crippen molar-refractivity contribution in [3.8, 4) is 17.2 Å². The summed E-state index contributed by atoms with van der Waals surface area (Å²) in [5, 5.41) is 0. The van der Waals surface area contributed by atoms with E-state index in [4.69, 9.17) is 18.9 Å². The fraction of sp³-hybridized carbons (Fsp3) is 0.125. The zero-order chi connectivity index (χ0) is 19.8. The monoisotopic (exact) mass is 386 g/mol. The summed E-state index contributed by atoms with van der Waals surface area (Å²) in [6.45, 7) is 0.183. The van der Waals surface area contributed by atoms with Gasteiger partial charge in [-0.15, -0.1) is 0 Å². The molecule has 0 aromatic heterocycles. The molecule has 5 heteroatoms. The normalized spacial score (nSPS) is 16.8. The lowest BCUT2D eigenvalue weighted by Gasteiger charge is -2.30. The second-order valence-electron chi connectivity index (χ2n) is 6.75. The molecule has 2 heterocycles. The summed E-state index contributed by atoms with van der Waals surface area (Å²) in [5.74, 6) is 1.59. The van der Waals surface area contributed by atoms with Crippen LogP contribution in [0.5, 0.6) is 17.2 Å². The van der Waals surface area contributed by atoms with Crippen molar-refractivity contribution in [1.29, 1.82) is 0 Å². The zero-order valence-electron chi connectivity index (χ0n) is 15.8. The maximum atomic E-state index is 13.0. The number of carbonyl (C=O) groups excluding carboxylic acids is 1. The van der Waals surface area contributed by atoms with Crippen LogP contribution in [0.1, 0.15) is 22.8 Å². The van der Waals surface area contributed by atoms with Crippen molar-refractivity contribution in [2.75, 3.05) is 13.9 Å². The zero-order valence-corrected chi connectivity index (χ0v) is 15.8. The van der Waals surface area contributed by atoms with Gasteiger partial charge in [-0.2, -0.15) is 0 Å². The molecule has 0 N–H and O–H groups in total. The van der Waals surface area contributed by atoms with Gasteiger partial charge in [0.15, 0.2) is 17.6 Å². The first-order valence-corrected chi connectivity index (χ1v) is 9.30. The van der Waals surface area contributed by atoms with Crippen molar-refractivity contribution < 1.29 is 23.7 Å². The highest BCUT2D eigenvalue weighted by Crippen LogP contribution is 2.46. The molecule has 0 amide bonds. The Hall–Kier alpha value is -3.73. The maximum Gasteiger partial charge on any atom is 0.338 e. The fourth-order valence-corrected chi connectivity index (χ4v) is 3.78. The largest absolute Gasteiger partial charge is 0.480 e. The Morgan fingerprint density at radius 2 is 1.66 bits per heavy atom. The number of benzene rings is 3. The molecule has 144 valence electrons. The van der Waals surface area contributed by atoms with Gasteiger partial charge < -0.3 is 18.9 Å². The second kappa shape index (κ2) is 7.02. The van der Waals surface area contributed by atoms with Crippen LogP contribution in [0.2, 0.25) is 0 Å². The fourth-order valence-electron chi connectivity index (χ4n) is 3.78. The minimum absolute atomic E-state index is 0.183. The lowest BCUT2D eigenvalue weighted by atomic mass is 9.85. The van der Waals surface area contributed by atoms with Gasteiger partial charge in [0.1, 0.15) is 5.75 Å². The van der Waals surface area contributed by atoms with E-state index in [2.05, 4.69) is 0 Å². The number of methoxy groups -OCH3 is 1. The summed E-state index contributed by atoms with van der Waals surface area (Å²) in [4.78, 5) is 13.0. The number of rotatable bonds is 3. The average molecular weight is 386 g/mol. The Morgan fingerprint density at radius 1 is 0.897 bits per heavy atom. The molecule has 2 aliphatic rings. The molecule has 3 aromatic carbocycles. The van der Waals surface area contributed by atoms with E-state index in [1.54, 1.807) is 0 Å². The topological polar surface area (TPSA) is 54.0 Å². The molecule has 2 aliphatic heterocycles. The number of esters is 1. The summed E-state index contributed by atoms with van der Waals surface area (Å²) in [6.07, 6.45) is -0.637. The maximum absolute atomic E-state index is 13.0. The Balaban J connectivity index is 1.76. The van der Waals surface area contributed by atoms with Crippen LogP contribution >= 0.6 is 0 Å². The summed E-state index contributed by atoms with van der Waals surface area (Å²) < 4.78 is 22.4. The van der Waals surface area contributed by atoms with E-state index in [1.807, 2.05) is 72.8 Å². The number of hydrogen-bond donors (Lipinski definition) is 0. The molecular formula is C24H18O5. The number of hydrogen-bond acceptors (Lipinski definition) is 5. The van der Waals surface area contributed by atoms with E-state index in [0.717, 1.165) is 22.3 Å². The Kier molecular flexibility index (Phi) is 4.21. The summed E-state index contributed by atoms with van der Waals surface area (Å²) in [7, 11) is 1.38. The van der Waals surface area contributed by atoms with Crippen molar-refractivity contribution in [1.82, 2.24) is 0 Å². The molecule has 0 saturated carbocycles. The highest BCUT2D eigenvalue weighted by molar-refractivity contribution is 6.04. The lowest BCUT2D eigenvalue weighted by molar-refractivity contribution is -0.137. The van der Waals surface area contributed by atoms with E-state index < -0.39 is 12.1 Å². The molecule has 0 spiro atoms. The van der Waals surface area contributed by atoms with Gasteiger partial charge in [-0.25, -0.2) is 4.79 Å². The van der Waals surface area contributed by atoms with Crippen LogP contribution < -0.4 is 14.2 Å². The number of ether oxygens (including phenoxy) is 4. The highest BCUT2D eigenvalue weighted by Gasteiger charge is 2.36. The molecule has 1 unspecified atom stereocenters. The summed E-state index contributed by atoms with van der Waals surface area (Å²) in [6, 6.07) is 23.1. The molecule has 0 aliphatic carbocycles. The smallest absolute Gasteiger partial charge is 0.338 e. The van der Waals surface area contributed by atoms with Crippen molar-refractivity contribution >= 4 is 11.5 Å². The van der Waals surface area contributed by atoms with Crippen LogP contribution in [0.15, 0.2) is 78.4 Å². The molecule has 1 atom stereocenters. The van der Waals surface area contributed by atoms with Gasteiger partial charge in [-0.3, -0.25) is 0 Å². The number of fused-ring (bicyclic) bond motifs is 2. The van der Waals surface area contributed by atoms with Crippen LogP contribution in [-0.2, 0) is 9.53 Å². The molecule has 3 aromatic rings. The molecule has 29 heavy (non-hydrogen) atoms. The lowest BCUT2D eigenvalue weighted by Crippen LogP contribution is -2.24. The SMILES string of the molecule is COC(=O)C1=C(c2ccccc2)c2ccccc2OC1c1ccc2c(c1)OCO2. The minimum Gasteiger partial charge on any atom is -0.480 e. The number of para-hydroxylation sites is 1. The number of carbonyl (C=O) groups is 1. The molecular weight excluding hydrogens is 368 g/mol. The van der Waals surface area contributed by atoms with Crippen LogP contribution in [0.3, 0.4) is 0 Å². The molecule has 5 nitrogen and oxygen atoms in total. The summed E-state index contributed by atoms with van der Waals surface area (Å²) >= 11 is 0. The van der Waals surface area contributed by atoms with Gasteiger partial charge in [0.2, 0.25) is 6.79 Å². The van der Waals surface area contributed by atoms with E-state index in [1.165, 1.54) is 7.11 Å². The minimum atomic E-state index is -0.637. The van der Waals surface area contributed by atoms with Crippen LogP contribution in [-0.4, -0.2) is 19.9 Å². The van der Waals surface area contributed by atoms with Crippen molar-refractivity contribution in [3.63, 3.8) is 0 Å². The standard InChI is InChI=1S/C24H18O5/c1-26-24(25)22-21(15-7-3-2-4-8-15)17-9-5-6-10-18(17)29-23(22)16-11-12-19-20(13-16)28-14-27-19/h2-13,23H,14H2,1H3. The predicted octanol–water partition coefficient (Wildman–Crippen LogP) is 4.52. The van der Waals surface area contributed by atoms with Crippen LogP contribution in [0.25, 0.3) is 5.57 Å². The van der Waals surface area contributed by atoms with Gasteiger partial charge in [0.25, 0.3) is 0 Å². The van der Waals surface area contributed by atoms with Gasteiger partial charge in [-0.05, 0) is 23.8 Å². The Bertz CT molecular complexity index is 1120. The first kappa shape index (κ1) is 17.4. The first-order chi connectivity index (χ1) is 14.3. The van der Waals surface area contributed by atoms with Crippen molar-refractivity contribution in [2.24, 2.45) is 0 Å². The predicted molar refractivity (Wildman–Crippen MR) is 107 cm³/mol. The quantitative estimate of drug-likeness (QED) is 0.620. The van der Waals surface area contributed by atoms with E-state index in [9.17, 15) is 4.79 Å². The van der Waals surface area contributed by atoms with Gasteiger partial charge >= 0.3 is 5.97 Å². The Labute approximate surface area is 168 Å². The first-order valence-electron chi connectivity index (χ1n) is 9.30. The van der Waals surface area contributed by atoms with Gasteiger partial charge in [0.05, 0.1) is 12.7 Å². The van der Waals surface area contributed by atoms with Gasteiger partial charge in [0, 0.05) is 16.7 Å². The van der Waals surface area contributed by atoms with E-state index in [0.29, 0.717) is 22.8 Å². The molecule has 0 fully saturated rings. The summed E-state index contributed by atoms with van der Waals surface area (Å²) in [5.41, 5.74) is 3.83. The third kappa shape index (κ3) is 2.91. The van der Waals surface area contributed by atoms with Crippen LogP contribution in [0, 0.1) is 0 Å². The second-order valence-corrected chi connectivity index (χ2v) is 6.75. The molecule has 0 saturated heterocycles. The van der Waals surface area contributed by atoms with E-state index >= 15 is 0 Å². The average Bonchev–Trinajstić information content (AvgIpc) is 3.25. The van der Waals surface area contributed by atoms with Crippen molar-refractivity contribution in [3.05, 3.63) is 95.1 Å². The Morgan fingerprint density at radius 3 is 2.48 bits per heavy atom. The third-order valence-corrected chi connectivity index (χ3v) is 5.10. The highest BCUT2D eigenvalue weighted by atomic mass is 16.7. The molecule has 0 bridgehead atoms. The van der Waals surface area contributed by atoms with Crippen molar-refractivity contribution in [2.45, 2.75) is 6.10 Å².